The third kappa shape index (κ3) is 10.3. The Morgan fingerprint density at radius 1 is 1.73 bits per heavy atom. The molecule has 0 bridgehead atoms. The van der Waals surface area contributed by atoms with Crippen molar-refractivity contribution in [3.05, 3.63) is 0 Å². The van der Waals surface area contributed by atoms with Crippen LogP contribution in [0.15, 0.2) is 0 Å². The predicted octanol–water partition coefficient (Wildman–Crippen LogP) is 0.0301. The molecule has 0 amide bonds. The van der Waals surface area contributed by atoms with E-state index < -0.39 is 12.0 Å². The van der Waals surface area contributed by atoms with Crippen LogP contribution in [0.25, 0.3) is 0 Å². The van der Waals surface area contributed by atoms with Gasteiger partial charge in [-0.25, -0.2) is 0 Å². The van der Waals surface area contributed by atoms with Crippen LogP contribution in [0.3, 0.4) is 0 Å². The molecule has 0 saturated carbocycles. The summed E-state index contributed by atoms with van der Waals surface area (Å²) in [5, 5.41) is 8.27. The number of carbonyl (C=O) groups is 1. The Labute approximate surface area is 82.2 Å². The first-order valence-corrected chi connectivity index (χ1v) is 4.78. The van der Waals surface area contributed by atoms with Gasteiger partial charge >= 0.3 is 30.3 Å². The topological polar surface area (TPSA) is 80.4 Å². The SMILES string of the molecule is CSCC[C@H](N)C(=O)O.[O]=[Ag]. The van der Waals surface area contributed by atoms with E-state index in [1.54, 1.807) is 32.8 Å². The van der Waals surface area contributed by atoms with E-state index in [0.717, 1.165) is 5.75 Å². The first-order valence-electron chi connectivity index (χ1n) is 2.78. The van der Waals surface area contributed by atoms with Crippen LogP contribution in [-0.4, -0.2) is 29.1 Å². The van der Waals surface area contributed by atoms with Gasteiger partial charge in [0.15, 0.2) is 0 Å². The number of hydrogen-bond donors (Lipinski definition) is 2. The number of carboxylic acid groups (broad SMARTS) is 1. The van der Waals surface area contributed by atoms with E-state index in [2.05, 4.69) is 0 Å². The maximum atomic E-state index is 10.1. The second-order valence-electron chi connectivity index (χ2n) is 1.73. The van der Waals surface area contributed by atoms with Crippen LogP contribution in [0.4, 0.5) is 0 Å². The van der Waals surface area contributed by atoms with Crippen LogP contribution in [0.2, 0.25) is 0 Å². The third-order valence-corrected chi connectivity index (χ3v) is 1.59. The van der Waals surface area contributed by atoms with E-state index in [1.165, 1.54) is 0 Å². The Bertz CT molecular complexity index is 114. The summed E-state index contributed by atoms with van der Waals surface area (Å²) in [7, 11) is 0. The standard InChI is InChI=1S/C5H11NO2S.Ag.O/c1-9-3-2-4(6)5(7)8;;/h4H,2-3,6H2,1H3,(H,7,8);;/t4-;;/m0../s1. The van der Waals surface area contributed by atoms with Gasteiger partial charge in [0.2, 0.25) is 0 Å². The number of nitrogens with two attached hydrogens (primary N) is 1. The first-order chi connectivity index (χ1) is 5.18. The minimum atomic E-state index is -0.913. The molecule has 0 aromatic carbocycles. The number of hydrogen-bond acceptors (Lipinski definition) is 4. The van der Waals surface area contributed by atoms with Crippen molar-refractivity contribution in [2.24, 2.45) is 5.73 Å². The molecule has 0 aromatic rings. The van der Waals surface area contributed by atoms with Crippen LogP contribution in [0.5, 0.6) is 0 Å². The zero-order chi connectivity index (χ0) is 9.28. The van der Waals surface area contributed by atoms with E-state index in [-0.39, 0.29) is 0 Å². The first kappa shape index (κ1) is 13.9. The molecular weight excluding hydrogens is 262 g/mol. The molecule has 0 fully saturated rings. The quantitative estimate of drug-likeness (QED) is 0.706. The van der Waals surface area contributed by atoms with Crippen molar-refractivity contribution in [2.45, 2.75) is 12.5 Å². The van der Waals surface area contributed by atoms with E-state index in [1.807, 2.05) is 6.26 Å². The van der Waals surface area contributed by atoms with Gasteiger partial charge in [0.1, 0.15) is 6.04 Å². The third-order valence-electron chi connectivity index (χ3n) is 0.950. The molecule has 0 aromatic heterocycles. The molecule has 11 heavy (non-hydrogen) atoms. The molecule has 0 heterocycles. The summed E-state index contributed by atoms with van der Waals surface area (Å²) in [5.74, 6) is -0.1000. The van der Waals surface area contributed by atoms with Crippen molar-refractivity contribution in [1.82, 2.24) is 0 Å². The summed E-state index contributed by atoms with van der Waals surface area (Å²) in [6.45, 7) is 0. The Morgan fingerprint density at radius 3 is 2.45 bits per heavy atom. The Balaban J connectivity index is 0. The van der Waals surface area contributed by atoms with Crippen LogP contribution in [0, 0.1) is 0 Å². The average Bonchev–Trinajstić information content (AvgIpc) is 2.03. The molecule has 0 rings (SSSR count). The molecule has 0 unspecified atom stereocenters. The van der Waals surface area contributed by atoms with Gasteiger partial charge in [0.05, 0.1) is 0 Å². The van der Waals surface area contributed by atoms with Gasteiger partial charge in [-0.3, -0.25) is 4.79 Å². The van der Waals surface area contributed by atoms with Crippen molar-refractivity contribution >= 4 is 17.7 Å². The number of aliphatic carboxylic acids is 1. The van der Waals surface area contributed by atoms with Crippen molar-refractivity contribution in [2.75, 3.05) is 12.0 Å². The van der Waals surface area contributed by atoms with Crippen molar-refractivity contribution < 1.29 is 34.2 Å². The molecule has 0 saturated heterocycles. The van der Waals surface area contributed by atoms with Gasteiger partial charge in [-0.2, -0.15) is 11.8 Å². The van der Waals surface area contributed by atoms with Crippen LogP contribution in [0.1, 0.15) is 6.42 Å². The molecule has 6 heteroatoms. The summed E-state index contributed by atoms with van der Waals surface area (Å²) in [6, 6.07) is -0.683. The van der Waals surface area contributed by atoms with Gasteiger partial charge in [0, 0.05) is 0 Å². The molecule has 0 aliphatic rings. The van der Waals surface area contributed by atoms with Crippen molar-refractivity contribution in [3.8, 4) is 0 Å². The van der Waals surface area contributed by atoms with E-state index in [4.69, 9.17) is 14.1 Å². The van der Waals surface area contributed by atoms with Gasteiger partial charge < -0.3 is 10.8 Å². The Morgan fingerprint density at radius 2 is 2.18 bits per heavy atom. The second kappa shape index (κ2) is 10.3. The predicted molar refractivity (Wildman–Crippen MR) is 39.3 cm³/mol. The number of thioether (sulfide) groups is 1. The average molecular weight is 273 g/mol. The molecule has 3 N–H and O–H groups in total. The summed E-state index contributed by atoms with van der Waals surface area (Å²) in [5.41, 5.74) is 5.19. The fraction of sp³-hybridized carbons (Fsp3) is 0.800. The fourth-order valence-electron chi connectivity index (χ4n) is 0.368. The molecule has 4 nitrogen and oxygen atoms in total. The van der Waals surface area contributed by atoms with Crippen LogP contribution in [-0.2, 0) is 29.1 Å². The Hall–Kier alpha value is 0.320. The normalized spacial score (nSPS) is 11.3. The molecule has 0 radical (unpaired) electrons. The van der Waals surface area contributed by atoms with Gasteiger partial charge in [-0.05, 0) is 18.4 Å². The zero-order valence-electron chi connectivity index (χ0n) is 6.04. The maximum absolute atomic E-state index is 10.1. The van der Waals surface area contributed by atoms with Gasteiger partial charge in [-0.15, -0.1) is 0 Å². The number of carboxylic acids is 1. The minimum absolute atomic E-state index is 0.552. The zero-order valence-corrected chi connectivity index (χ0v) is 8.34. The molecule has 0 aliphatic carbocycles. The summed E-state index contributed by atoms with van der Waals surface area (Å²) in [6.07, 6.45) is 2.48. The molecule has 1 atom stereocenters. The van der Waals surface area contributed by atoms with Crippen LogP contribution < -0.4 is 5.73 Å². The van der Waals surface area contributed by atoms with E-state index in [9.17, 15) is 4.79 Å². The monoisotopic (exact) mass is 272 g/mol. The number of rotatable bonds is 4. The van der Waals surface area contributed by atoms with Crippen molar-refractivity contribution in [1.29, 1.82) is 0 Å². The molecule has 71 valence electrons. The summed E-state index contributed by atoms with van der Waals surface area (Å²) in [4.78, 5) is 10.1. The molecule has 0 aliphatic heterocycles. The van der Waals surface area contributed by atoms with Gasteiger partial charge in [-0.1, -0.05) is 0 Å². The fourth-order valence-corrected chi connectivity index (χ4v) is 0.858. The molecular formula is C5H11AgNO3S. The summed E-state index contributed by atoms with van der Waals surface area (Å²) < 4.78 is 8.06. The van der Waals surface area contributed by atoms with Gasteiger partial charge in [0.25, 0.3) is 0 Å². The van der Waals surface area contributed by atoms with E-state index in [0.29, 0.717) is 6.42 Å². The second-order valence-corrected chi connectivity index (χ2v) is 2.71. The van der Waals surface area contributed by atoms with Crippen molar-refractivity contribution in [3.63, 3.8) is 0 Å². The Kier molecular flexibility index (Phi) is 13.0. The summed E-state index contributed by atoms with van der Waals surface area (Å²) >= 11 is 3.30. The molecule has 0 spiro atoms. The van der Waals surface area contributed by atoms with E-state index >= 15 is 0 Å². The van der Waals surface area contributed by atoms with Crippen LogP contribution >= 0.6 is 11.8 Å².